The van der Waals surface area contributed by atoms with Crippen LogP contribution in [0.25, 0.3) is 16.7 Å². The maximum absolute atomic E-state index is 14.2. The van der Waals surface area contributed by atoms with Crippen molar-refractivity contribution in [3.63, 3.8) is 0 Å². The number of para-hydroxylation sites is 3. The maximum Gasteiger partial charge on any atom is 0.260 e. The van der Waals surface area contributed by atoms with Crippen LogP contribution in [-0.2, 0) is 0 Å². The SMILES string of the molecule is Cc1c(C(=O)Nc2nc3ccccc3nc2N2CCCC2)cnn1-c1ccccc1F. The summed E-state index contributed by atoms with van der Waals surface area (Å²) < 4.78 is 15.6. The third kappa shape index (κ3) is 3.50. The third-order valence-corrected chi connectivity index (χ3v) is 5.52. The van der Waals surface area contributed by atoms with Crippen LogP contribution in [0.4, 0.5) is 16.0 Å². The number of rotatable bonds is 4. The molecule has 3 heterocycles. The molecular weight excluding hydrogens is 395 g/mol. The number of carbonyl (C=O) groups is 1. The Morgan fingerprint density at radius 1 is 1.00 bits per heavy atom. The van der Waals surface area contributed by atoms with E-state index < -0.39 is 5.82 Å². The minimum absolute atomic E-state index is 0.294. The number of nitrogens with zero attached hydrogens (tertiary/aromatic N) is 5. The Morgan fingerprint density at radius 2 is 1.68 bits per heavy atom. The molecule has 7 nitrogen and oxygen atoms in total. The highest BCUT2D eigenvalue weighted by molar-refractivity contribution is 6.06. The molecular formula is C23H21FN6O. The van der Waals surface area contributed by atoms with Gasteiger partial charge in [0, 0.05) is 13.1 Å². The Labute approximate surface area is 178 Å². The Bertz CT molecular complexity index is 1280. The maximum atomic E-state index is 14.2. The monoisotopic (exact) mass is 416 g/mol. The van der Waals surface area contributed by atoms with Gasteiger partial charge in [0.2, 0.25) is 0 Å². The fourth-order valence-corrected chi connectivity index (χ4v) is 3.90. The van der Waals surface area contributed by atoms with Gasteiger partial charge < -0.3 is 10.2 Å². The van der Waals surface area contributed by atoms with Crippen molar-refractivity contribution in [1.29, 1.82) is 0 Å². The number of hydrogen-bond acceptors (Lipinski definition) is 5. The zero-order valence-corrected chi connectivity index (χ0v) is 17.0. The normalized spacial score (nSPS) is 13.7. The van der Waals surface area contributed by atoms with Gasteiger partial charge in [-0.25, -0.2) is 19.0 Å². The van der Waals surface area contributed by atoms with Gasteiger partial charge in [-0.2, -0.15) is 5.10 Å². The zero-order chi connectivity index (χ0) is 21.4. The molecule has 2 aromatic carbocycles. The Hall–Kier alpha value is -3.81. The van der Waals surface area contributed by atoms with Crippen LogP contribution in [0.5, 0.6) is 0 Å². The van der Waals surface area contributed by atoms with Crippen LogP contribution in [0.1, 0.15) is 28.9 Å². The summed E-state index contributed by atoms with van der Waals surface area (Å²) >= 11 is 0. The zero-order valence-electron chi connectivity index (χ0n) is 17.0. The first kappa shape index (κ1) is 19.2. The second-order valence-corrected chi connectivity index (χ2v) is 7.54. The summed E-state index contributed by atoms with van der Waals surface area (Å²) in [5.74, 6) is 0.329. The molecule has 0 spiro atoms. The molecule has 0 radical (unpaired) electrons. The van der Waals surface area contributed by atoms with Gasteiger partial charge >= 0.3 is 0 Å². The van der Waals surface area contributed by atoms with E-state index in [0.29, 0.717) is 34.1 Å². The lowest BCUT2D eigenvalue weighted by Crippen LogP contribution is -2.23. The van der Waals surface area contributed by atoms with Crippen LogP contribution in [-0.4, -0.2) is 38.7 Å². The number of amides is 1. The Balaban J connectivity index is 1.51. The number of halogens is 1. The van der Waals surface area contributed by atoms with Crippen LogP contribution in [0.15, 0.2) is 54.7 Å². The second-order valence-electron chi connectivity index (χ2n) is 7.54. The molecule has 1 aliphatic heterocycles. The molecule has 0 atom stereocenters. The van der Waals surface area contributed by atoms with Crippen molar-refractivity contribution in [3.8, 4) is 5.69 Å². The van der Waals surface area contributed by atoms with Gasteiger partial charge in [-0.3, -0.25) is 4.79 Å². The molecule has 156 valence electrons. The summed E-state index contributed by atoms with van der Waals surface area (Å²) in [6.45, 7) is 3.49. The van der Waals surface area contributed by atoms with Crippen molar-refractivity contribution in [2.75, 3.05) is 23.3 Å². The summed E-state index contributed by atoms with van der Waals surface area (Å²) in [7, 11) is 0. The van der Waals surface area contributed by atoms with E-state index in [4.69, 9.17) is 4.98 Å². The molecule has 2 aromatic heterocycles. The van der Waals surface area contributed by atoms with Crippen molar-refractivity contribution >= 4 is 28.6 Å². The molecule has 0 bridgehead atoms. The molecule has 1 amide bonds. The summed E-state index contributed by atoms with van der Waals surface area (Å²) in [6, 6.07) is 13.9. The molecule has 0 saturated carbocycles. The molecule has 4 aromatic rings. The minimum Gasteiger partial charge on any atom is -0.354 e. The molecule has 1 N–H and O–H groups in total. The fraction of sp³-hybridized carbons (Fsp3) is 0.217. The molecule has 1 saturated heterocycles. The standard InChI is InChI=1S/C23H21FN6O/c1-15-16(14-25-30(15)20-11-5-2-8-17(20)24)23(31)28-21-22(29-12-6-7-13-29)27-19-10-4-3-9-18(19)26-21/h2-5,8-11,14H,6-7,12-13H2,1H3,(H,26,28,31). The first-order valence-electron chi connectivity index (χ1n) is 10.2. The van der Waals surface area contributed by atoms with E-state index in [1.54, 1.807) is 25.1 Å². The lowest BCUT2D eigenvalue weighted by molar-refractivity contribution is 0.102. The van der Waals surface area contributed by atoms with E-state index in [0.717, 1.165) is 31.4 Å². The van der Waals surface area contributed by atoms with Gasteiger partial charge in [-0.1, -0.05) is 24.3 Å². The van der Waals surface area contributed by atoms with Crippen molar-refractivity contribution in [1.82, 2.24) is 19.7 Å². The molecule has 31 heavy (non-hydrogen) atoms. The highest BCUT2D eigenvalue weighted by Gasteiger charge is 2.23. The number of benzene rings is 2. The summed E-state index contributed by atoms with van der Waals surface area (Å²) in [5.41, 5.74) is 2.68. The van der Waals surface area contributed by atoms with Crippen LogP contribution >= 0.6 is 0 Å². The first-order valence-corrected chi connectivity index (χ1v) is 10.2. The van der Waals surface area contributed by atoms with E-state index >= 15 is 0 Å². The molecule has 0 unspecified atom stereocenters. The first-order chi connectivity index (χ1) is 15.1. The van der Waals surface area contributed by atoms with Crippen molar-refractivity contribution < 1.29 is 9.18 Å². The average molecular weight is 416 g/mol. The molecule has 1 aliphatic rings. The highest BCUT2D eigenvalue weighted by Crippen LogP contribution is 2.28. The third-order valence-electron chi connectivity index (χ3n) is 5.52. The summed E-state index contributed by atoms with van der Waals surface area (Å²) in [6.07, 6.45) is 3.61. The highest BCUT2D eigenvalue weighted by atomic mass is 19.1. The Kier molecular flexibility index (Phi) is 4.82. The van der Waals surface area contributed by atoms with Crippen molar-refractivity contribution in [2.45, 2.75) is 19.8 Å². The van der Waals surface area contributed by atoms with Gasteiger partial charge in [-0.15, -0.1) is 0 Å². The lowest BCUT2D eigenvalue weighted by Gasteiger charge is -2.20. The van der Waals surface area contributed by atoms with E-state index in [1.165, 1.54) is 16.9 Å². The number of anilines is 2. The van der Waals surface area contributed by atoms with Crippen LogP contribution in [0.3, 0.4) is 0 Å². The van der Waals surface area contributed by atoms with E-state index in [-0.39, 0.29) is 5.91 Å². The van der Waals surface area contributed by atoms with Crippen LogP contribution in [0, 0.1) is 12.7 Å². The lowest BCUT2D eigenvalue weighted by atomic mass is 10.2. The quantitative estimate of drug-likeness (QED) is 0.542. The number of fused-ring (bicyclic) bond motifs is 1. The van der Waals surface area contributed by atoms with E-state index in [9.17, 15) is 9.18 Å². The predicted molar refractivity (Wildman–Crippen MR) is 117 cm³/mol. The number of carbonyl (C=O) groups excluding carboxylic acids is 1. The molecule has 8 heteroatoms. The van der Waals surface area contributed by atoms with Crippen molar-refractivity contribution in [3.05, 3.63) is 71.8 Å². The van der Waals surface area contributed by atoms with Gasteiger partial charge in [0.05, 0.1) is 28.5 Å². The second kappa shape index (κ2) is 7.79. The summed E-state index contributed by atoms with van der Waals surface area (Å²) in [4.78, 5) is 24.7. The topological polar surface area (TPSA) is 75.9 Å². The van der Waals surface area contributed by atoms with Gasteiger partial charge in [-0.05, 0) is 44.0 Å². The van der Waals surface area contributed by atoms with Gasteiger partial charge in [0.1, 0.15) is 11.5 Å². The Morgan fingerprint density at radius 3 is 2.42 bits per heavy atom. The molecule has 0 aliphatic carbocycles. The smallest absolute Gasteiger partial charge is 0.260 e. The van der Waals surface area contributed by atoms with Gasteiger partial charge in [0.25, 0.3) is 5.91 Å². The van der Waals surface area contributed by atoms with Crippen molar-refractivity contribution in [2.24, 2.45) is 0 Å². The van der Waals surface area contributed by atoms with Crippen LogP contribution < -0.4 is 10.2 Å². The molecule has 1 fully saturated rings. The number of aromatic nitrogens is 4. The van der Waals surface area contributed by atoms with Gasteiger partial charge in [0.15, 0.2) is 11.6 Å². The predicted octanol–water partition coefficient (Wildman–Crippen LogP) is 4.12. The fourth-order valence-electron chi connectivity index (χ4n) is 3.90. The average Bonchev–Trinajstić information content (AvgIpc) is 3.44. The number of nitrogens with one attached hydrogen (secondary N) is 1. The summed E-state index contributed by atoms with van der Waals surface area (Å²) in [5, 5.41) is 7.14. The largest absolute Gasteiger partial charge is 0.354 e. The number of hydrogen-bond donors (Lipinski definition) is 1. The minimum atomic E-state index is -0.405. The molecule has 5 rings (SSSR count). The van der Waals surface area contributed by atoms with E-state index in [1.807, 2.05) is 24.3 Å². The van der Waals surface area contributed by atoms with Crippen LogP contribution in [0.2, 0.25) is 0 Å². The van der Waals surface area contributed by atoms with E-state index in [2.05, 4.69) is 20.3 Å².